The number of amides is 1. The van der Waals surface area contributed by atoms with Crippen molar-refractivity contribution in [2.75, 3.05) is 17.2 Å². The summed E-state index contributed by atoms with van der Waals surface area (Å²) < 4.78 is 0. The first-order valence-electron chi connectivity index (χ1n) is 6.45. The first-order chi connectivity index (χ1) is 9.70. The molecule has 0 saturated heterocycles. The summed E-state index contributed by atoms with van der Waals surface area (Å²) in [6.07, 6.45) is 4.23. The largest absolute Gasteiger partial charge is 0.383 e. The Balaban J connectivity index is 2.16. The zero-order chi connectivity index (χ0) is 14.4. The van der Waals surface area contributed by atoms with E-state index >= 15 is 0 Å². The van der Waals surface area contributed by atoms with Crippen molar-refractivity contribution in [3.63, 3.8) is 0 Å². The van der Waals surface area contributed by atoms with Gasteiger partial charge in [-0.2, -0.15) is 0 Å². The maximum Gasteiger partial charge on any atom is 0.257 e. The fraction of sp³-hybridized carbons (Fsp3) is 0.200. The molecule has 5 heteroatoms. The highest BCUT2D eigenvalue weighted by atomic mass is 35.5. The molecule has 0 atom stereocenters. The Hall–Kier alpha value is -2.07. The highest BCUT2D eigenvalue weighted by Gasteiger charge is 2.11. The van der Waals surface area contributed by atoms with Gasteiger partial charge in [0.05, 0.1) is 17.4 Å². The molecule has 1 amide bonds. The van der Waals surface area contributed by atoms with Gasteiger partial charge in [-0.25, -0.2) is 0 Å². The zero-order valence-electron chi connectivity index (χ0n) is 11.2. The normalized spacial score (nSPS) is 10.1. The third-order valence-corrected chi connectivity index (χ3v) is 2.95. The first kappa shape index (κ1) is 14.3. The lowest BCUT2D eigenvalue weighted by molar-refractivity contribution is 0.102. The van der Waals surface area contributed by atoms with Crippen molar-refractivity contribution in [2.45, 2.75) is 13.3 Å². The predicted molar refractivity (Wildman–Crippen MR) is 82.4 cm³/mol. The molecule has 104 valence electrons. The van der Waals surface area contributed by atoms with Crippen molar-refractivity contribution in [2.24, 2.45) is 0 Å². The van der Waals surface area contributed by atoms with Crippen LogP contribution in [0.25, 0.3) is 0 Å². The second-order valence-electron chi connectivity index (χ2n) is 4.31. The van der Waals surface area contributed by atoms with E-state index in [1.807, 2.05) is 0 Å². The van der Waals surface area contributed by atoms with Crippen LogP contribution in [0.15, 0.2) is 42.7 Å². The van der Waals surface area contributed by atoms with Crippen molar-refractivity contribution < 1.29 is 4.79 Å². The minimum Gasteiger partial charge on any atom is -0.383 e. The van der Waals surface area contributed by atoms with Crippen LogP contribution in [0.1, 0.15) is 23.7 Å². The molecule has 0 unspecified atom stereocenters. The summed E-state index contributed by atoms with van der Waals surface area (Å²) in [5.41, 5.74) is 1.96. The van der Waals surface area contributed by atoms with Gasteiger partial charge in [-0.15, -0.1) is 0 Å². The van der Waals surface area contributed by atoms with Crippen LogP contribution in [-0.4, -0.2) is 17.4 Å². The van der Waals surface area contributed by atoms with Crippen molar-refractivity contribution in [1.29, 1.82) is 0 Å². The number of aromatic nitrogens is 1. The summed E-state index contributed by atoms with van der Waals surface area (Å²) in [7, 11) is 0. The summed E-state index contributed by atoms with van der Waals surface area (Å²) in [5.74, 6) is -0.187. The molecule has 0 aliphatic carbocycles. The number of halogens is 1. The molecular formula is C15H16ClN3O. The molecule has 4 nitrogen and oxygen atoms in total. The Bertz CT molecular complexity index is 601. The number of nitrogens with zero attached hydrogens (tertiary/aromatic N) is 1. The lowest BCUT2D eigenvalue weighted by atomic mass is 10.2. The molecule has 1 heterocycles. The summed E-state index contributed by atoms with van der Waals surface area (Å²) in [4.78, 5) is 16.3. The molecule has 0 aliphatic rings. The summed E-state index contributed by atoms with van der Waals surface area (Å²) in [6, 6.07) is 8.75. The second kappa shape index (κ2) is 6.91. The monoisotopic (exact) mass is 289 g/mol. The van der Waals surface area contributed by atoms with Gasteiger partial charge in [-0.3, -0.25) is 9.78 Å². The fourth-order valence-corrected chi connectivity index (χ4v) is 1.95. The Morgan fingerprint density at radius 2 is 2.20 bits per heavy atom. The highest BCUT2D eigenvalue weighted by molar-refractivity contribution is 6.31. The smallest absolute Gasteiger partial charge is 0.257 e. The van der Waals surface area contributed by atoms with Gasteiger partial charge in [-0.1, -0.05) is 24.6 Å². The van der Waals surface area contributed by atoms with E-state index in [-0.39, 0.29) is 5.91 Å². The van der Waals surface area contributed by atoms with Gasteiger partial charge in [0.25, 0.3) is 5.91 Å². The van der Waals surface area contributed by atoms with Crippen LogP contribution in [0.3, 0.4) is 0 Å². The van der Waals surface area contributed by atoms with E-state index in [2.05, 4.69) is 22.5 Å². The molecule has 1 aromatic heterocycles. The second-order valence-corrected chi connectivity index (χ2v) is 4.75. The van der Waals surface area contributed by atoms with Gasteiger partial charge in [-0.05, 0) is 30.7 Å². The number of carbonyl (C=O) groups excluding carboxylic acids is 1. The van der Waals surface area contributed by atoms with Crippen molar-refractivity contribution in [1.82, 2.24) is 4.98 Å². The van der Waals surface area contributed by atoms with Crippen molar-refractivity contribution in [3.8, 4) is 0 Å². The van der Waals surface area contributed by atoms with Gasteiger partial charge in [0.15, 0.2) is 0 Å². The van der Waals surface area contributed by atoms with Crippen LogP contribution >= 0.6 is 11.6 Å². The van der Waals surface area contributed by atoms with Gasteiger partial charge < -0.3 is 10.6 Å². The van der Waals surface area contributed by atoms with Crippen LogP contribution in [-0.2, 0) is 0 Å². The van der Waals surface area contributed by atoms with E-state index in [4.69, 9.17) is 11.6 Å². The quantitative estimate of drug-likeness (QED) is 0.880. The molecule has 0 fully saturated rings. The van der Waals surface area contributed by atoms with Crippen LogP contribution < -0.4 is 10.6 Å². The fourth-order valence-electron chi connectivity index (χ4n) is 1.76. The molecule has 2 rings (SSSR count). The molecule has 20 heavy (non-hydrogen) atoms. The third-order valence-electron chi connectivity index (χ3n) is 2.71. The zero-order valence-corrected chi connectivity index (χ0v) is 11.9. The van der Waals surface area contributed by atoms with E-state index in [1.165, 1.54) is 0 Å². The number of rotatable bonds is 5. The molecule has 1 aromatic carbocycles. The van der Waals surface area contributed by atoms with Crippen LogP contribution in [0.5, 0.6) is 0 Å². The number of benzene rings is 1. The molecule has 0 spiro atoms. The van der Waals surface area contributed by atoms with Gasteiger partial charge >= 0.3 is 0 Å². The summed E-state index contributed by atoms with van der Waals surface area (Å²) in [5, 5.41) is 6.60. The summed E-state index contributed by atoms with van der Waals surface area (Å²) in [6.45, 7) is 2.86. The molecule has 2 N–H and O–H groups in total. The maximum atomic E-state index is 12.3. The average Bonchev–Trinajstić information content (AvgIpc) is 2.45. The molecule has 2 aromatic rings. The van der Waals surface area contributed by atoms with Crippen LogP contribution in [0.4, 0.5) is 11.4 Å². The Kier molecular flexibility index (Phi) is 4.96. The number of hydrogen-bond donors (Lipinski definition) is 2. The average molecular weight is 290 g/mol. The van der Waals surface area contributed by atoms with Gasteiger partial charge in [0.2, 0.25) is 0 Å². The van der Waals surface area contributed by atoms with E-state index in [0.717, 1.165) is 18.7 Å². The van der Waals surface area contributed by atoms with E-state index < -0.39 is 0 Å². The summed E-state index contributed by atoms with van der Waals surface area (Å²) >= 11 is 5.90. The van der Waals surface area contributed by atoms with Crippen LogP contribution in [0.2, 0.25) is 5.02 Å². The minimum atomic E-state index is -0.187. The number of carbonyl (C=O) groups is 1. The lowest BCUT2D eigenvalue weighted by Crippen LogP contribution is -2.15. The van der Waals surface area contributed by atoms with Crippen LogP contribution in [0, 0.1) is 0 Å². The minimum absolute atomic E-state index is 0.187. The van der Waals surface area contributed by atoms with Gasteiger partial charge in [0, 0.05) is 23.5 Å². The standard InChI is InChI=1S/C15H16ClN3O/c1-2-7-18-14-10-17-8-6-13(14)15(20)19-12-5-3-4-11(16)9-12/h3-6,8-10,18H,2,7H2,1H3,(H,19,20). The number of nitrogens with one attached hydrogen (secondary N) is 2. The SMILES string of the molecule is CCCNc1cnccc1C(=O)Nc1cccc(Cl)c1. The number of pyridine rings is 1. The molecule has 0 saturated carbocycles. The number of hydrogen-bond acceptors (Lipinski definition) is 3. The maximum absolute atomic E-state index is 12.3. The third kappa shape index (κ3) is 3.71. The van der Waals surface area contributed by atoms with E-state index in [0.29, 0.717) is 16.3 Å². The van der Waals surface area contributed by atoms with E-state index in [1.54, 1.807) is 42.7 Å². The molecular weight excluding hydrogens is 274 g/mol. The topological polar surface area (TPSA) is 54.0 Å². The Morgan fingerprint density at radius 1 is 1.35 bits per heavy atom. The first-order valence-corrected chi connectivity index (χ1v) is 6.83. The number of anilines is 2. The molecule has 0 bridgehead atoms. The van der Waals surface area contributed by atoms with E-state index in [9.17, 15) is 4.79 Å². The van der Waals surface area contributed by atoms with Gasteiger partial charge in [0.1, 0.15) is 0 Å². The highest BCUT2D eigenvalue weighted by Crippen LogP contribution is 2.18. The molecule has 0 aliphatic heterocycles. The van der Waals surface area contributed by atoms with Crippen molar-refractivity contribution >= 4 is 28.9 Å². The predicted octanol–water partition coefficient (Wildman–Crippen LogP) is 3.81. The Labute approximate surface area is 123 Å². The van der Waals surface area contributed by atoms with Crippen molar-refractivity contribution in [3.05, 3.63) is 53.3 Å². The molecule has 0 radical (unpaired) electrons. The Morgan fingerprint density at radius 3 is 2.95 bits per heavy atom. The lowest BCUT2D eigenvalue weighted by Gasteiger charge is -2.11.